The van der Waals surface area contributed by atoms with Gasteiger partial charge >= 0.3 is 0 Å². The molecule has 0 saturated carbocycles. The molecule has 4 heteroatoms. The van der Waals surface area contributed by atoms with Crippen LogP contribution in [0.4, 0.5) is 0 Å². The third-order valence-corrected chi connectivity index (χ3v) is 11.7. The van der Waals surface area contributed by atoms with Crippen LogP contribution in [-0.4, -0.2) is 19.1 Å². The van der Waals surface area contributed by atoms with Gasteiger partial charge in [0.05, 0.1) is 33.3 Å². The van der Waals surface area contributed by atoms with Crippen molar-refractivity contribution in [2.24, 2.45) is 0 Å². The van der Waals surface area contributed by atoms with E-state index >= 15 is 0 Å². The zero-order valence-electron chi connectivity index (χ0n) is 31.4. The van der Waals surface area contributed by atoms with E-state index in [-0.39, 0.29) is 0 Å². The van der Waals surface area contributed by atoms with E-state index in [1.807, 2.05) is 0 Å². The van der Waals surface area contributed by atoms with Gasteiger partial charge in [-0.15, -0.1) is 0 Å². The van der Waals surface area contributed by atoms with Crippen molar-refractivity contribution in [1.82, 2.24) is 19.1 Å². The van der Waals surface area contributed by atoms with Crippen LogP contribution < -0.4 is 0 Å². The minimum absolute atomic E-state index is 0.650. The van der Waals surface area contributed by atoms with Gasteiger partial charge in [0.15, 0.2) is 0 Å². The molecule has 0 aliphatic heterocycles. The van der Waals surface area contributed by atoms with Gasteiger partial charge in [-0.3, -0.25) is 4.57 Å². The Bertz CT molecular complexity index is 3560. The summed E-state index contributed by atoms with van der Waals surface area (Å²) in [5.41, 5.74) is 13.2. The third kappa shape index (κ3) is 5.02. The third-order valence-electron chi connectivity index (χ3n) is 11.7. The van der Waals surface area contributed by atoms with Gasteiger partial charge in [0, 0.05) is 38.2 Å². The van der Waals surface area contributed by atoms with E-state index in [2.05, 4.69) is 215 Å². The molecule has 3 heterocycles. The summed E-state index contributed by atoms with van der Waals surface area (Å²) in [5.74, 6) is 0.650. The molecule has 0 N–H and O–H groups in total. The minimum Gasteiger partial charge on any atom is -0.309 e. The summed E-state index contributed by atoms with van der Waals surface area (Å²) in [7, 11) is 0. The molecule has 0 aliphatic carbocycles. The van der Waals surface area contributed by atoms with Crippen molar-refractivity contribution in [1.29, 1.82) is 0 Å². The van der Waals surface area contributed by atoms with Crippen LogP contribution in [0.25, 0.3) is 110 Å². The molecule has 0 spiro atoms. The van der Waals surface area contributed by atoms with E-state index in [1.54, 1.807) is 0 Å². The van der Waals surface area contributed by atoms with Crippen molar-refractivity contribution in [3.8, 4) is 45.1 Å². The molecular formula is C54H34N4. The first-order chi connectivity index (χ1) is 28.8. The van der Waals surface area contributed by atoms with Gasteiger partial charge in [-0.1, -0.05) is 146 Å². The maximum atomic E-state index is 5.45. The van der Waals surface area contributed by atoms with E-state index in [1.165, 1.54) is 54.5 Å². The van der Waals surface area contributed by atoms with Crippen LogP contribution in [0.3, 0.4) is 0 Å². The van der Waals surface area contributed by atoms with Gasteiger partial charge in [0.1, 0.15) is 0 Å². The predicted molar refractivity (Wildman–Crippen MR) is 242 cm³/mol. The maximum Gasteiger partial charge on any atom is 0.235 e. The van der Waals surface area contributed by atoms with Gasteiger partial charge < -0.3 is 4.57 Å². The molecule has 4 nitrogen and oxygen atoms in total. The molecule has 0 amide bonds. The number of benzene rings is 9. The molecule has 12 aromatic rings. The standard InChI is InChI=1S/C54H34N4/c1-3-14-35(15-4-1)37-17-13-18-40(32-37)53-44-23-9-11-24-47(44)55-54(56-53)58-50-30-28-39(34-46(50)52-42-21-8-7-16-36(42)26-31-51(52)58)38-27-29-49-45(33-38)43-22-10-12-25-48(43)57(49)41-19-5-2-6-20-41/h1-34H. The molecule has 0 unspecified atom stereocenters. The molecule has 12 rings (SSSR count). The summed E-state index contributed by atoms with van der Waals surface area (Å²) in [4.78, 5) is 10.7. The largest absolute Gasteiger partial charge is 0.309 e. The van der Waals surface area contributed by atoms with Crippen LogP contribution in [-0.2, 0) is 0 Å². The summed E-state index contributed by atoms with van der Waals surface area (Å²) in [6, 6.07) is 73.8. The molecular weight excluding hydrogens is 705 g/mol. The van der Waals surface area contributed by atoms with Crippen LogP contribution in [0.5, 0.6) is 0 Å². The first kappa shape index (κ1) is 32.4. The summed E-state index contributed by atoms with van der Waals surface area (Å²) in [6.45, 7) is 0. The van der Waals surface area contributed by atoms with Crippen molar-refractivity contribution in [2.45, 2.75) is 0 Å². The Balaban J connectivity index is 1.09. The number of para-hydroxylation sites is 3. The normalized spacial score (nSPS) is 11.8. The van der Waals surface area contributed by atoms with E-state index in [9.17, 15) is 0 Å². The van der Waals surface area contributed by atoms with E-state index in [4.69, 9.17) is 9.97 Å². The topological polar surface area (TPSA) is 35.6 Å². The smallest absolute Gasteiger partial charge is 0.235 e. The lowest BCUT2D eigenvalue weighted by atomic mass is 9.99. The average molecular weight is 739 g/mol. The highest BCUT2D eigenvalue weighted by Gasteiger charge is 2.20. The van der Waals surface area contributed by atoms with Crippen molar-refractivity contribution in [3.05, 3.63) is 206 Å². The second kappa shape index (κ2) is 12.9. The lowest BCUT2D eigenvalue weighted by molar-refractivity contribution is 1.01. The van der Waals surface area contributed by atoms with Gasteiger partial charge in [-0.2, -0.15) is 0 Å². The molecule has 0 aliphatic rings. The molecule has 9 aromatic carbocycles. The van der Waals surface area contributed by atoms with Crippen LogP contribution in [0.1, 0.15) is 0 Å². The van der Waals surface area contributed by atoms with Gasteiger partial charge in [0.25, 0.3) is 0 Å². The van der Waals surface area contributed by atoms with Crippen LogP contribution in [0.2, 0.25) is 0 Å². The summed E-state index contributed by atoms with van der Waals surface area (Å²) in [5, 5.41) is 8.27. The molecule has 3 aromatic heterocycles. The molecule has 0 fully saturated rings. The number of fused-ring (bicyclic) bond motifs is 9. The van der Waals surface area contributed by atoms with Gasteiger partial charge in [-0.25, -0.2) is 9.97 Å². The van der Waals surface area contributed by atoms with Crippen molar-refractivity contribution in [2.75, 3.05) is 0 Å². The first-order valence-corrected chi connectivity index (χ1v) is 19.7. The van der Waals surface area contributed by atoms with E-state index < -0.39 is 0 Å². The van der Waals surface area contributed by atoms with Crippen LogP contribution >= 0.6 is 0 Å². The fourth-order valence-electron chi connectivity index (χ4n) is 9.05. The predicted octanol–water partition coefficient (Wildman–Crippen LogP) is 14.0. The van der Waals surface area contributed by atoms with Crippen molar-refractivity contribution in [3.63, 3.8) is 0 Å². The molecule has 270 valence electrons. The summed E-state index contributed by atoms with van der Waals surface area (Å²) < 4.78 is 4.63. The highest BCUT2D eigenvalue weighted by atomic mass is 15.2. The molecule has 58 heavy (non-hydrogen) atoms. The van der Waals surface area contributed by atoms with Crippen LogP contribution in [0, 0.1) is 0 Å². The number of nitrogens with zero attached hydrogens (tertiary/aromatic N) is 4. The Morgan fingerprint density at radius 3 is 1.72 bits per heavy atom. The van der Waals surface area contributed by atoms with Gasteiger partial charge in [0.2, 0.25) is 5.95 Å². The Kier molecular flexibility index (Phi) is 7.20. The molecule has 0 radical (unpaired) electrons. The fraction of sp³-hybridized carbons (Fsp3) is 0. The first-order valence-electron chi connectivity index (χ1n) is 19.7. The second-order valence-corrected chi connectivity index (χ2v) is 15.0. The highest BCUT2D eigenvalue weighted by Crippen LogP contribution is 2.41. The Morgan fingerprint density at radius 1 is 0.310 bits per heavy atom. The van der Waals surface area contributed by atoms with Gasteiger partial charge in [-0.05, 0) is 93.7 Å². The SMILES string of the molecule is c1ccc(-c2cccc(-c3nc(-n4c5ccc(-c6ccc7c(c6)c6ccccc6n7-c6ccccc6)cc5c5c6ccccc6ccc54)nc4ccccc34)c2)cc1. The quantitative estimate of drug-likeness (QED) is 0.176. The minimum atomic E-state index is 0.650. The zero-order valence-corrected chi connectivity index (χ0v) is 31.4. The number of aromatic nitrogens is 4. The van der Waals surface area contributed by atoms with Crippen molar-refractivity contribution < 1.29 is 0 Å². The number of rotatable bonds is 5. The monoisotopic (exact) mass is 738 g/mol. The summed E-state index contributed by atoms with van der Waals surface area (Å²) >= 11 is 0. The summed E-state index contributed by atoms with van der Waals surface area (Å²) in [6.07, 6.45) is 0. The molecule has 0 bridgehead atoms. The number of hydrogen-bond donors (Lipinski definition) is 0. The van der Waals surface area contributed by atoms with E-state index in [0.29, 0.717) is 5.95 Å². The fourth-order valence-corrected chi connectivity index (χ4v) is 9.05. The Hall–Kier alpha value is -7.82. The molecule has 0 saturated heterocycles. The lowest BCUT2D eigenvalue weighted by Gasteiger charge is -2.13. The average Bonchev–Trinajstić information content (AvgIpc) is 3.82. The van der Waals surface area contributed by atoms with Crippen molar-refractivity contribution >= 4 is 65.3 Å². The second-order valence-electron chi connectivity index (χ2n) is 15.0. The molecule has 0 atom stereocenters. The Morgan fingerprint density at radius 2 is 0.897 bits per heavy atom. The zero-order chi connectivity index (χ0) is 38.2. The van der Waals surface area contributed by atoms with Crippen LogP contribution in [0.15, 0.2) is 206 Å². The van der Waals surface area contributed by atoms with E-state index in [0.717, 1.165) is 50.0 Å². The Labute approximate surface area is 334 Å². The highest BCUT2D eigenvalue weighted by molar-refractivity contribution is 6.22. The maximum absolute atomic E-state index is 5.45. The lowest BCUT2D eigenvalue weighted by Crippen LogP contribution is -2.03. The number of hydrogen-bond acceptors (Lipinski definition) is 2.